The fourth-order valence-corrected chi connectivity index (χ4v) is 1.29. The second-order valence-electron chi connectivity index (χ2n) is 3.82. The van der Waals surface area contributed by atoms with Crippen LogP contribution in [0.5, 0.6) is 0 Å². The standard InChI is InChI=1S/C11H19N3/c1-4-7-14-11(5-6-13-14)9-12-8-10(2)3/h4-6,10,12H,1,7-9H2,2-3H3. The predicted molar refractivity (Wildman–Crippen MR) is 59.0 cm³/mol. The Morgan fingerprint density at radius 2 is 2.43 bits per heavy atom. The first-order valence-corrected chi connectivity index (χ1v) is 5.06. The number of nitrogens with zero attached hydrogens (tertiary/aromatic N) is 2. The quantitative estimate of drug-likeness (QED) is 0.698. The van der Waals surface area contributed by atoms with E-state index in [1.54, 1.807) is 0 Å². The summed E-state index contributed by atoms with van der Waals surface area (Å²) in [6.07, 6.45) is 3.69. The van der Waals surface area contributed by atoms with E-state index in [1.165, 1.54) is 5.69 Å². The van der Waals surface area contributed by atoms with Gasteiger partial charge in [-0.15, -0.1) is 6.58 Å². The lowest BCUT2D eigenvalue weighted by Crippen LogP contribution is -2.21. The molecule has 3 nitrogen and oxygen atoms in total. The van der Waals surface area contributed by atoms with Crippen molar-refractivity contribution in [2.75, 3.05) is 6.54 Å². The molecule has 0 aliphatic heterocycles. The molecule has 0 aliphatic rings. The third-order valence-corrected chi connectivity index (χ3v) is 1.97. The molecule has 1 rings (SSSR count). The molecule has 1 aromatic rings. The average Bonchev–Trinajstić information content (AvgIpc) is 2.53. The zero-order valence-electron chi connectivity index (χ0n) is 9.03. The molecule has 3 heteroatoms. The molecule has 0 bridgehead atoms. The van der Waals surface area contributed by atoms with Gasteiger partial charge in [-0.1, -0.05) is 19.9 Å². The molecule has 14 heavy (non-hydrogen) atoms. The number of hydrogen-bond donors (Lipinski definition) is 1. The van der Waals surface area contributed by atoms with E-state index in [4.69, 9.17) is 0 Å². The van der Waals surface area contributed by atoms with E-state index in [2.05, 4.69) is 30.8 Å². The van der Waals surface area contributed by atoms with Gasteiger partial charge >= 0.3 is 0 Å². The van der Waals surface area contributed by atoms with Gasteiger partial charge < -0.3 is 5.32 Å². The summed E-state index contributed by atoms with van der Waals surface area (Å²) in [5.74, 6) is 0.686. The van der Waals surface area contributed by atoms with Crippen LogP contribution >= 0.6 is 0 Å². The maximum Gasteiger partial charge on any atom is 0.0591 e. The smallest absolute Gasteiger partial charge is 0.0591 e. The lowest BCUT2D eigenvalue weighted by atomic mass is 10.2. The third kappa shape index (κ3) is 3.34. The van der Waals surface area contributed by atoms with Crippen LogP contribution in [0.3, 0.4) is 0 Å². The maximum atomic E-state index is 4.21. The summed E-state index contributed by atoms with van der Waals surface area (Å²) in [6.45, 7) is 10.8. The van der Waals surface area contributed by atoms with Crippen LogP contribution in [0.4, 0.5) is 0 Å². The first-order chi connectivity index (χ1) is 6.74. The minimum Gasteiger partial charge on any atom is -0.311 e. The zero-order chi connectivity index (χ0) is 10.4. The molecule has 1 aromatic heterocycles. The molecular weight excluding hydrogens is 174 g/mol. The Hall–Kier alpha value is -1.09. The van der Waals surface area contributed by atoms with Gasteiger partial charge in [0.05, 0.1) is 12.2 Å². The van der Waals surface area contributed by atoms with Crippen LogP contribution in [0, 0.1) is 5.92 Å². The predicted octanol–water partition coefficient (Wildman–Crippen LogP) is 1.81. The van der Waals surface area contributed by atoms with Crippen LogP contribution in [-0.4, -0.2) is 16.3 Å². The normalized spacial score (nSPS) is 10.8. The molecule has 0 aromatic carbocycles. The lowest BCUT2D eigenvalue weighted by Gasteiger charge is -2.08. The molecular formula is C11H19N3. The first kappa shape index (κ1) is 11.0. The largest absolute Gasteiger partial charge is 0.311 e. The first-order valence-electron chi connectivity index (χ1n) is 5.06. The van der Waals surface area contributed by atoms with E-state index in [1.807, 2.05) is 23.0 Å². The Bertz CT molecular complexity index is 276. The summed E-state index contributed by atoms with van der Waals surface area (Å²) >= 11 is 0. The Balaban J connectivity index is 2.41. The van der Waals surface area contributed by atoms with E-state index in [9.17, 15) is 0 Å². The van der Waals surface area contributed by atoms with Gasteiger partial charge in [0.1, 0.15) is 0 Å². The van der Waals surface area contributed by atoms with Crippen molar-refractivity contribution in [3.05, 3.63) is 30.6 Å². The van der Waals surface area contributed by atoms with Gasteiger partial charge in [-0.2, -0.15) is 5.10 Å². The Morgan fingerprint density at radius 3 is 3.07 bits per heavy atom. The molecule has 0 amide bonds. The topological polar surface area (TPSA) is 29.9 Å². The van der Waals surface area contributed by atoms with Crippen molar-refractivity contribution in [3.63, 3.8) is 0 Å². The van der Waals surface area contributed by atoms with Crippen molar-refractivity contribution in [2.24, 2.45) is 5.92 Å². The van der Waals surface area contributed by atoms with Crippen molar-refractivity contribution in [1.29, 1.82) is 0 Å². The van der Waals surface area contributed by atoms with Crippen LogP contribution in [0.15, 0.2) is 24.9 Å². The molecule has 0 fully saturated rings. The maximum absolute atomic E-state index is 4.21. The number of allylic oxidation sites excluding steroid dienone is 1. The summed E-state index contributed by atoms with van der Waals surface area (Å²) < 4.78 is 1.96. The van der Waals surface area contributed by atoms with Crippen molar-refractivity contribution in [2.45, 2.75) is 26.9 Å². The van der Waals surface area contributed by atoms with Crippen molar-refractivity contribution >= 4 is 0 Å². The van der Waals surface area contributed by atoms with Crippen LogP contribution in [0.2, 0.25) is 0 Å². The summed E-state index contributed by atoms with van der Waals surface area (Å²) in [5, 5.41) is 7.60. The van der Waals surface area contributed by atoms with E-state index < -0.39 is 0 Å². The molecule has 0 saturated carbocycles. The molecule has 0 atom stereocenters. The summed E-state index contributed by atoms with van der Waals surface area (Å²) in [7, 11) is 0. The number of hydrogen-bond acceptors (Lipinski definition) is 2. The molecule has 0 radical (unpaired) electrons. The highest BCUT2D eigenvalue weighted by atomic mass is 15.3. The summed E-state index contributed by atoms with van der Waals surface area (Å²) in [6, 6.07) is 2.04. The van der Waals surface area contributed by atoms with Crippen LogP contribution in [-0.2, 0) is 13.1 Å². The minimum atomic E-state index is 0.686. The number of nitrogens with one attached hydrogen (secondary N) is 1. The second-order valence-corrected chi connectivity index (χ2v) is 3.82. The SMILES string of the molecule is C=CCn1nccc1CNCC(C)C. The molecule has 78 valence electrons. The Kier molecular flexibility index (Phi) is 4.40. The van der Waals surface area contributed by atoms with E-state index in [-0.39, 0.29) is 0 Å². The fourth-order valence-electron chi connectivity index (χ4n) is 1.29. The Labute approximate surface area is 85.8 Å². The van der Waals surface area contributed by atoms with Gasteiger partial charge in [0.25, 0.3) is 0 Å². The lowest BCUT2D eigenvalue weighted by molar-refractivity contribution is 0.531. The fraction of sp³-hybridized carbons (Fsp3) is 0.545. The molecule has 0 spiro atoms. The third-order valence-electron chi connectivity index (χ3n) is 1.97. The second kappa shape index (κ2) is 5.60. The van der Waals surface area contributed by atoms with Crippen molar-refractivity contribution in [1.82, 2.24) is 15.1 Å². The summed E-state index contributed by atoms with van der Waals surface area (Å²) in [4.78, 5) is 0. The van der Waals surface area contributed by atoms with E-state index in [0.29, 0.717) is 5.92 Å². The molecule has 1 heterocycles. The van der Waals surface area contributed by atoms with Crippen molar-refractivity contribution in [3.8, 4) is 0 Å². The molecule has 0 aliphatic carbocycles. The molecule has 0 unspecified atom stereocenters. The van der Waals surface area contributed by atoms with Crippen molar-refractivity contribution < 1.29 is 0 Å². The van der Waals surface area contributed by atoms with Gasteiger partial charge in [0, 0.05) is 12.7 Å². The van der Waals surface area contributed by atoms with Crippen LogP contribution in [0.1, 0.15) is 19.5 Å². The average molecular weight is 193 g/mol. The van der Waals surface area contributed by atoms with Gasteiger partial charge in [0.2, 0.25) is 0 Å². The highest BCUT2D eigenvalue weighted by Gasteiger charge is 2.00. The summed E-state index contributed by atoms with van der Waals surface area (Å²) in [5.41, 5.74) is 1.21. The van der Waals surface area contributed by atoms with Gasteiger partial charge in [-0.05, 0) is 18.5 Å². The minimum absolute atomic E-state index is 0.686. The van der Waals surface area contributed by atoms with Gasteiger partial charge in [0.15, 0.2) is 0 Å². The number of rotatable bonds is 6. The van der Waals surface area contributed by atoms with Gasteiger partial charge in [-0.3, -0.25) is 4.68 Å². The van der Waals surface area contributed by atoms with Gasteiger partial charge in [-0.25, -0.2) is 0 Å². The number of aromatic nitrogens is 2. The highest BCUT2D eigenvalue weighted by Crippen LogP contribution is 1.99. The zero-order valence-corrected chi connectivity index (χ0v) is 9.03. The monoisotopic (exact) mass is 193 g/mol. The molecule has 1 N–H and O–H groups in total. The van der Waals surface area contributed by atoms with E-state index in [0.717, 1.165) is 19.6 Å². The highest BCUT2D eigenvalue weighted by molar-refractivity contribution is 5.00. The van der Waals surface area contributed by atoms with Crippen LogP contribution < -0.4 is 5.32 Å². The Morgan fingerprint density at radius 1 is 1.64 bits per heavy atom. The van der Waals surface area contributed by atoms with Crippen LogP contribution in [0.25, 0.3) is 0 Å². The molecule has 0 saturated heterocycles. The van der Waals surface area contributed by atoms with E-state index >= 15 is 0 Å².